The summed E-state index contributed by atoms with van der Waals surface area (Å²) in [6.45, 7) is 1.16. The molecular weight excluding hydrogens is 234 g/mol. The number of ketones is 2. The van der Waals surface area contributed by atoms with Crippen LogP contribution in [0.3, 0.4) is 0 Å². The topological polar surface area (TPSA) is 71.5 Å². The van der Waals surface area contributed by atoms with Gasteiger partial charge in [-0.1, -0.05) is 30.3 Å². The van der Waals surface area contributed by atoms with Crippen LogP contribution in [-0.4, -0.2) is 28.3 Å². The van der Waals surface area contributed by atoms with Crippen LogP contribution < -0.4 is 0 Å². The summed E-state index contributed by atoms with van der Waals surface area (Å²) in [6.07, 6.45) is 0. The molecule has 0 N–H and O–H groups in total. The number of carbonyl (C=O) groups excluding carboxylic acids is 4. The van der Waals surface area contributed by atoms with Crippen LogP contribution in [0.5, 0.6) is 0 Å². The lowest BCUT2D eigenvalue weighted by Crippen LogP contribution is -2.31. The van der Waals surface area contributed by atoms with Crippen LogP contribution in [0.2, 0.25) is 0 Å². The zero-order valence-electron chi connectivity index (χ0n) is 9.75. The first-order valence-corrected chi connectivity index (χ1v) is 5.46. The number of carbonyl (C=O) groups is 4. The Morgan fingerprint density at radius 3 is 2.28 bits per heavy atom. The zero-order chi connectivity index (χ0) is 13.3. The van der Waals surface area contributed by atoms with Gasteiger partial charge in [0.15, 0.2) is 5.92 Å². The van der Waals surface area contributed by atoms with E-state index in [1.165, 1.54) is 0 Å². The van der Waals surface area contributed by atoms with Crippen LogP contribution in [0.15, 0.2) is 30.3 Å². The summed E-state index contributed by atoms with van der Waals surface area (Å²) in [5, 5.41) is 0. The van der Waals surface area contributed by atoms with Crippen molar-refractivity contribution in [1.82, 2.24) is 4.90 Å². The molecule has 0 aliphatic carbocycles. The minimum absolute atomic E-state index is 0.0219. The van der Waals surface area contributed by atoms with Crippen LogP contribution in [0.4, 0.5) is 0 Å². The highest BCUT2D eigenvalue weighted by molar-refractivity contribution is 6.52. The molecule has 1 atom stereocenters. The van der Waals surface area contributed by atoms with Crippen molar-refractivity contribution in [2.75, 3.05) is 0 Å². The molecule has 18 heavy (non-hydrogen) atoms. The van der Waals surface area contributed by atoms with E-state index in [1.807, 2.05) is 0 Å². The average Bonchev–Trinajstić information content (AvgIpc) is 2.55. The van der Waals surface area contributed by atoms with E-state index in [0.29, 0.717) is 0 Å². The molecule has 5 heteroatoms. The van der Waals surface area contributed by atoms with Crippen LogP contribution in [0.1, 0.15) is 12.5 Å². The Balaban J connectivity index is 2.25. The summed E-state index contributed by atoms with van der Waals surface area (Å²) in [7, 11) is 0. The van der Waals surface area contributed by atoms with E-state index in [-0.39, 0.29) is 6.54 Å². The lowest BCUT2D eigenvalue weighted by atomic mass is 10.0. The molecule has 2 amide bonds. The molecule has 0 unspecified atom stereocenters. The number of imide groups is 1. The molecule has 1 saturated heterocycles. The van der Waals surface area contributed by atoms with Gasteiger partial charge < -0.3 is 0 Å². The van der Waals surface area contributed by atoms with Crippen molar-refractivity contribution in [2.24, 2.45) is 5.92 Å². The van der Waals surface area contributed by atoms with Crippen molar-refractivity contribution in [3.63, 3.8) is 0 Å². The number of hydrogen-bond acceptors (Lipinski definition) is 4. The molecule has 1 aliphatic rings. The van der Waals surface area contributed by atoms with Gasteiger partial charge in [0.1, 0.15) is 5.78 Å². The van der Waals surface area contributed by atoms with Gasteiger partial charge in [-0.05, 0) is 12.5 Å². The quantitative estimate of drug-likeness (QED) is 0.437. The zero-order valence-corrected chi connectivity index (χ0v) is 9.75. The molecule has 0 bridgehead atoms. The monoisotopic (exact) mass is 245 g/mol. The van der Waals surface area contributed by atoms with Gasteiger partial charge in [-0.25, -0.2) is 0 Å². The molecular formula is C13H11NO4. The highest BCUT2D eigenvalue weighted by Crippen LogP contribution is 2.19. The standard InChI is InChI=1S/C13H11NO4/c1-8(15)10-11(16)13(18)14(12(10)17)7-9-5-3-2-4-6-9/h2-6,10H,7H2,1H3/t10-/m0/s1. The molecule has 1 aliphatic heterocycles. The van der Waals surface area contributed by atoms with Crippen molar-refractivity contribution < 1.29 is 19.2 Å². The Hall–Kier alpha value is -2.30. The predicted octanol–water partition coefficient (Wildman–Crippen LogP) is 0.330. The molecule has 1 aromatic rings. The van der Waals surface area contributed by atoms with E-state index in [9.17, 15) is 19.2 Å². The van der Waals surface area contributed by atoms with Gasteiger partial charge in [0.25, 0.3) is 5.91 Å². The molecule has 0 aromatic heterocycles. The Morgan fingerprint density at radius 1 is 1.17 bits per heavy atom. The summed E-state index contributed by atoms with van der Waals surface area (Å²) >= 11 is 0. The van der Waals surface area contributed by atoms with E-state index in [4.69, 9.17) is 0 Å². The third-order valence-electron chi connectivity index (χ3n) is 2.82. The molecule has 1 aromatic carbocycles. The summed E-state index contributed by atoms with van der Waals surface area (Å²) < 4.78 is 0. The first-order chi connectivity index (χ1) is 8.52. The fourth-order valence-corrected chi connectivity index (χ4v) is 1.90. The van der Waals surface area contributed by atoms with E-state index in [2.05, 4.69) is 0 Å². The van der Waals surface area contributed by atoms with Crippen LogP contribution in [0.25, 0.3) is 0 Å². The number of Topliss-reactive ketones (excluding diaryl/α,β-unsaturated/α-hetero) is 2. The molecule has 0 spiro atoms. The van der Waals surface area contributed by atoms with Crippen molar-refractivity contribution >= 4 is 23.4 Å². The fraction of sp³-hybridized carbons (Fsp3) is 0.231. The van der Waals surface area contributed by atoms with E-state index in [0.717, 1.165) is 17.4 Å². The Kier molecular flexibility index (Phi) is 3.06. The number of benzene rings is 1. The second kappa shape index (κ2) is 4.52. The first kappa shape index (κ1) is 12.2. The lowest BCUT2D eigenvalue weighted by Gasteiger charge is -2.13. The van der Waals surface area contributed by atoms with E-state index in [1.54, 1.807) is 30.3 Å². The maximum Gasteiger partial charge on any atom is 0.298 e. The van der Waals surface area contributed by atoms with Gasteiger partial charge in [0.05, 0.1) is 6.54 Å². The molecule has 5 nitrogen and oxygen atoms in total. The maximum absolute atomic E-state index is 11.8. The van der Waals surface area contributed by atoms with Crippen LogP contribution in [-0.2, 0) is 25.7 Å². The van der Waals surface area contributed by atoms with Crippen molar-refractivity contribution in [3.05, 3.63) is 35.9 Å². The van der Waals surface area contributed by atoms with Crippen LogP contribution in [0, 0.1) is 5.92 Å². The van der Waals surface area contributed by atoms with Gasteiger partial charge in [0.2, 0.25) is 11.7 Å². The summed E-state index contributed by atoms with van der Waals surface area (Å²) in [5.74, 6) is -4.58. The average molecular weight is 245 g/mol. The Labute approximate surface area is 103 Å². The number of likely N-dealkylation sites (tertiary alicyclic amines) is 1. The Morgan fingerprint density at radius 2 is 1.78 bits per heavy atom. The van der Waals surface area contributed by atoms with Gasteiger partial charge in [-0.2, -0.15) is 0 Å². The lowest BCUT2D eigenvalue weighted by molar-refractivity contribution is -0.143. The van der Waals surface area contributed by atoms with Crippen LogP contribution >= 0.6 is 0 Å². The smallest absolute Gasteiger partial charge is 0.298 e. The van der Waals surface area contributed by atoms with Gasteiger partial charge in [-0.3, -0.25) is 24.1 Å². The molecule has 2 rings (SSSR count). The molecule has 0 radical (unpaired) electrons. The van der Waals surface area contributed by atoms with Gasteiger partial charge >= 0.3 is 0 Å². The minimum Gasteiger partial charge on any atom is -0.299 e. The number of rotatable bonds is 3. The normalized spacial score (nSPS) is 19.5. The maximum atomic E-state index is 11.8. The highest BCUT2D eigenvalue weighted by Gasteiger charge is 2.49. The van der Waals surface area contributed by atoms with Gasteiger partial charge in [-0.15, -0.1) is 0 Å². The van der Waals surface area contributed by atoms with Crippen molar-refractivity contribution in [1.29, 1.82) is 0 Å². The third-order valence-corrected chi connectivity index (χ3v) is 2.82. The summed E-state index contributed by atoms with van der Waals surface area (Å²) in [4.78, 5) is 47.0. The second-order valence-corrected chi connectivity index (χ2v) is 4.12. The predicted molar refractivity (Wildman–Crippen MR) is 61.2 cm³/mol. The second-order valence-electron chi connectivity index (χ2n) is 4.12. The SMILES string of the molecule is CC(=O)[C@H]1C(=O)C(=O)N(Cc2ccccc2)C1=O. The first-order valence-electron chi connectivity index (χ1n) is 5.46. The van der Waals surface area contributed by atoms with Crippen molar-refractivity contribution in [2.45, 2.75) is 13.5 Å². The van der Waals surface area contributed by atoms with Crippen molar-refractivity contribution in [3.8, 4) is 0 Å². The Bertz CT molecular complexity index is 535. The van der Waals surface area contributed by atoms with Gasteiger partial charge in [0, 0.05) is 0 Å². The third kappa shape index (κ3) is 1.95. The van der Waals surface area contributed by atoms with E-state index >= 15 is 0 Å². The van der Waals surface area contributed by atoms with E-state index < -0.39 is 29.3 Å². The molecule has 1 fully saturated rings. The fourth-order valence-electron chi connectivity index (χ4n) is 1.90. The summed E-state index contributed by atoms with van der Waals surface area (Å²) in [5.41, 5.74) is 0.733. The number of nitrogens with zero attached hydrogens (tertiary/aromatic N) is 1. The largest absolute Gasteiger partial charge is 0.299 e. The highest BCUT2D eigenvalue weighted by atomic mass is 16.2. The number of amides is 2. The molecule has 0 saturated carbocycles. The molecule has 92 valence electrons. The minimum atomic E-state index is -1.44. The summed E-state index contributed by atoms with van der Waals surface area (Å²) in [6, 6.07) is 8.83. The molecule has 1 heterocycles. The number of hydrogen-bond donors (Lipinski definition) is 0.